The fraction of sp³-hybridized carbons (Fsp3) is 0.280. The molecule has 1 unspecified atom stereocenters. The molecule has 1 aliphatic rings. The maximum absolute atomic E-state index is 13.6. The summed E-state index contributed by atoms with van der Waals surface area (Å²) in [7, 11) is -2.23. The van der Waals surface area contributed by atoms with Crippen LogP contribution < -0.4 is 9.46 Å². The fourth-order valence-electron chi connectivity index (χ4n) is 4.37. The van der Waals surface area contributed by atoms with Crippen LogP contribution in [0.1, 0.15) is 17.0 Å². The van der Waals surface area contributed by atoms with Crippen molar-refractivity contribution in [3.05, 3.63) is 95.6 Å². The van der Waals surface area contributed by atoms with Crippen molar-refractivity contribution in [2.75, 3.05) is 31.4 Å². The summed E-state index contributed by atoms with van der Waals surface area (Å²) in [4.78, 5) is 1.99. The van der Waals surface area contributed by atoms with Crippen molar-refractivity contribution in [1.29, 1.82) is 0 Å². The average molecular weight is 542 g/mol. The quantitative estimate of drug-likeness (QED) is 0.430. The second-order valence-electron chi connectivity index (χ2n) is 8.67. The van der Waals surface area contributed by atoms with Gasteiger partial charge in [0.2, 0.25) is 0 Å². The highest BCUT2D eigenvalue weighted by Crippen LogP contribution is 2.34. The number of likely N-dealkylation sites (N-methyl/N-ethyl adjacent to an activating group) is 1. The van der Waals surface area contributed by atoms with Crippen molar-refractivity contribution >= 4 is 15.9 Å². The molecule has 0 aliphatic carbocycles. The third-order valence-electron chi connectivity index (χ3n) is 6.18. The number of piperazine rings is 1. The van der Waals surface area contributed by atoms with Crippen LogP contribution in [0.2, 0.25) is 0 Å². The molecule has 1 aliphatic heterocycles. The summed E-state index contributed by atoms with van der Waals surface area (Å²) in [6.45, 7) is 0.598. The minimum atomic E-state index is -4.86. The summed E-state index contributed by atoms with van der Waals surface area (Å²) < 4.78 is 98.3. The van der Waals surface area contributed by atoms with Crippen LogP contribution in [-0.4, -0.2) is 56.7 Å². The van der Waals surface area contributed by atoms with Crippen LogP contribution in [0.5, 0.6) is 5.75 Å². The molecule has 0 spiro atoms. The van der Waals surface area contributed by atoms with Crippen molar-refractivity contribution in [1.82, 2.24) is 9.21 Å². The SMILES string of the molecule is CN1CCN(S(=O)(=O)Nc2ccc(OC(F)(F)F)cc2)CC1C(c1ccc(F)cc1)c1ccc(F)cc1. The molecular weight excluding hydrogens is 517 g/mol. The molecule has 37 heavy (non-hydrogen) atoms. The van der Waals surface area contributed by atoms with Gasteiger partial charge < -0.3 is 4.74 Å². The first-order chi connectivity index (χ1) is 17.4. The van der Waals surface area contributed by atoms with Gasteiger partial charge >= 0.3 is 16.6 Å². The van der Waals surface area contributed by atoms with Crippen LogP contribution in [0, 0.1) is 11.6 Å². The van der Waals surface area contributed by atoms with E-state index >= 15 is 0 Å². The number of alkyl halides is 3. The van der Waals surface area contributed by atoms with E-state index in [1.165, 1.54) is 40.7 Å². The van der Waals surface area contributed by atoms with Crippen LogP contribution in [-0.2, 0) is 10.2 Å². The fourth-order valence-corrected chi connectivity index (χ4v) is 5.60. The molecule has 12 heteroatoms. The van der Waals surface area contributed by atoms with Crippen molar-refractivity contribution in [3.63, 3.8) is 0 Å². The molecule has 1 N–H and O–H groups in total. The molecule has 0 aromatic heterocycles. The van der Waals surface area contributed by atoms with E-state index < -0.39 is 39.9 Å². The highest BCUT2D eigenvalue weighted by atomic mass is 32.2. The normalized spacial score (nSPS) is 17.6. The van der Waals surface area contributed by atoms with Gasteiger partial charge in [-0.25, -0.2) is 8.78 Å². The molecule has 0 saturated carbocycles. The molecular formula is C25H24F5N3O3S. The number of anilines is 1. The van der Waals surface area contributed by atoms with Crippen LogP contribution in [0.3, 0.4) is 0 Å². The second-order valence-corrected chi connectivity index (χ2v) is 10.3. The van der Waals surface area contributed by atoms with Crippen molar-refractivity contribution in [2.45, 2.75) is 18.3 Å². The Hall–Kier alpha value is -3.22. The summed E-state index contributed by atoms with van der Waals surface area (Å²) in [5.41, 5.74) is 1.54. The first-order valence-corrected chi connectivity index (χ1v) is 12.7. The zero-order valence-electron chi connectivity index (χ0n) is 19.6. The largest absolute Gasteiger partial charge is 0.573 e. The van der Waals surface area contributed by atoms with Gasteiger partial charge in [-0.3, -0.25) is 9.62 Å². The molecule has 0 amide bonds. The molecule has 1 atom stereocenters. The van der Waals surface area contributed by atoms with Crippen LogP contribution in [0.15, 0.2) is 72.8 Å². The lowest BCUT2D eigenvalue weighted by Gasteiger charge is -2.43. The number of nitrogens with zero attached hydrogens (tertiary/aromatic N) is 2. The number of ether oxygens (including phenoxy) is 1. The monoisotopic (exact) mass is 541 g/mol. The maximum Gasteiger partial charge on any atom is 0.573 e. The zero-order valence-corrected chi connectivity index (χ0v) is 20.4. The van der Waals surface area contributed by atoms with Crippen molar-refractivity contribution in [2.24, 2.45) is 0 Å². The highest BCUT2D eigenvalue weighted by Gasteiger charge is 2.37. The predicted octanol–water partition coefficient (Wildman–Crippen LogP) is 4.97. The van der Waals surface area contributed by atoms with E-state index in [1.54, 1.807) is 24.3 Å². The standard InChI is InChI=1S/C25H24F5N3O3S/c1-32-14-15-33(37(34,35)31-21-10-12-22(13-11-21)36-25(28,29)30)16-23(32)24(17-2-6-19(26)7-3-17)18-4-8-20(27)9-5-18/h2-13,23-24,31H,14-16H2,1H3. The molecule has 3 aromatic carbocycles. The lowest BCUT2D eigenvalue weighted by Crippen LogP contribution is -2.56. The van der Waals surface area contributed by atoms with E-state index in [4.69, 9.17) is 0 Å². The minimum Gasteiger partial charge on any atom is -0.406 e. The number of benzene rings is 3. The Morgan fingerprint density at radius 1 is 0.865 bits per heavy atom. The van der Waals surface area contributed by atoms with E-state index in [0.29, 0.717) is 6.54 Å². The number of hydrogen-bond acceptors (Lipinski definition) is 4. The molecule has 4 rings (SSSR count). The Labute approximate surface area is 211 Å². The van der Waals surface area contributed by atoms with Gasteiger partial charge in [-0.2, -0.15) is 12.7 Å². The molecule has 1 saturated heterocycles. The molecule has 3 aromatic rings. The summed E-state index contributed by atoms with van der Waals surface area (Å²) in [5.74, 6) is -1.71. The summed E-state index contributed by atoms with van der Waals surface area (Å²) in [6, 6.07) is 15.7. The third kappa shape index (κ3) is 6.76. The first-order valence-electron chi connectivity index (χ1n) is 11.3. The van der Waals surface area contributed by atoms with E-state index in [1.807, 2.05) is 11.9 Å². The van der Waals surface area contributed by atoms with Gasteiger partial charge in [-0.15, -0.1) is 13.2 Å². The smallest absolute Gasteiger partial charge is 0.406 e. The number of halogens is 5. The molecule has 0 radical (unpaired) electrons. The van der Waals surface area contributed by atoms with Gasteiger partial charge in [0.15, 0.2) is 0 Å². The zero-order chi connectivity index (χ0) is 26.8. The third-order valence-corrected chi connectivity index (χ3v) is 7.68. The summed E-state index contributed by atoms with van der Waals surface area (Å²) >= 11 is 0. The minimum absolute atomic E-state index is 0.0561. The van der Waals surface area contributed by atoms with Gasteiger partial charge in [0, 0.05) is 31.6 Å². The maximum atomic E-state index is 13.6. The summed E-state index contributed by atoms with van der Waals surface area (Å²) in [6.07, 6.45) is -4.86. The van der Waals surface area contributed by atoms with Crippen LogP contribution >= 0.6 is 0 Å². The van der Waals surface area contributed by atoms with E-state index in [0.717, 1.165) is 23.3 Å². The molecule has 6 nitrogen and oxygen atoms in total. The van der Waals surface area contributed by atoms with Crippen molar-refractivity contribution in [3.8, 4) is 5.75 Å². The number of hydrogen-bond donors (Lipinski definition) is 1. The topological polar surface area (TPSA) is 61.9 Å². The van der Waals surface area contributed by atoms with E-state index in [-0.39, 0.29) is 24.8 Å². The lowest BCUT2D eigenvalue weighted by molar-refractivity contribution is -0.274. The Kier molecular flexibility index (Phi) is 7.72. The van der Waals surface area contributed by atoms with E-state index in [9.17, 15) is 30.4 Å². The lowest BCUT2D eigenvalue weighted by atomic mass is 9.83. The van der Waals surface area contributed by atoms with Crippen molar-refractivity contribution < 1.29 is 35.1 Å². The predicted molar refractivity (Wildman–Crippen MR) is 128 cm³/mol. The average Bonchev–Trinajstić information content (AvgIpc) is 2.83. The summed E-state index contributed by atoms with van der Waals surface area (Å²) in [5, 5.41) is 0. The molecule has 0 bridgehead atoms. The highest BCUT2D eigenvalue weighted by molar-refractivity contribution is 7.90. The Bertz CT molecular complexity index is 1260. The Balaban J connectivity index is 1.58. The Morgan fingerprint density at radius 2 is 1.38 bits per heavy atom. The molecule has 1 fully saturated rings. The second kappa shape index (κ2) is 10.6. The Morgan fingerprint density at radius 3 is 1.86 bits per heavy atom. The van der Waals surface area contributed by atoms with Crippen LogP contribution in [0.25, 0.3) is 0 Å². The van der Waals surface area contributed by atoms with Gasteiger partial charge in [-0.1, -0.05) is 24.3 Å². The van der Waals surface area contributed by atoms with Gasteiger partial charge in [0.05, 0.1) is 5.69 Å². The van der Waals surface area contributed by atoms with Gasteiger partial charge in [-0.05, 0) is 66.7 Å². The molecule has 1 heterocycles. The first kappa shape index (κ1) is 26.8. The van der Waals surface area contributed by atoms with Gasteiger partial charge in [0.1, 0.15) is 17.4 Å². The van der Waals surface area contributed by atoms with Crippen LogP contribution in [0.4, 0.5) is 27.6 Å². The van der Waals surface area contributed by atoms with Gasteiger partial charge in [0.25, 0.3) is 0 Å². The number of nitrogens with one attached hydrogen (secondary N) is 1. The van der Waals surface area contributed by atoms with E-state index in [2.05, 4.69) is 9.46 Å². The number of rotatable bonds is 7. The molecule has 198 valence electrons.